The number of hydrogen-bond acceptors (Lipinski definition) is 5. The van der Waals surface area contributed by atoms with Gasteiger partial charge >= 0.3 is 11.9 Å². The second kappa shape index (κ2) is 9.25. The van der Waals surface area contributed by atoms with Crippen LogP contribution in [0.2, 0.25) is 0 Å². The molecule has 0 radical (unpaired) electrons. The molecule has 0 spiro atoms. The van der Waals surface area contributed by atoms with E-state index in [1.807, 2.05) is 38.1 Å². The fraction of sp³-hybridized carbons (Fsp3) is 0.471. The van der Waals surface area contributed by atoms with Crippen molar-refractivity contribution < 1.29 is 19.1 Å². The van der Waals surface area contributed by atoms with E-state index in [0.717, 1.165) is 11.3 Å². The van der Waals surface area contributed by atoms with E-state index < -0.39 is 17.9 Å². The SMILES string of the molecule is CCOC(=O)C(C(=O)OCC)C(=S)N(CC)c1ccccc1C. The van der Waals surface area contributed by atoms with Crippen LogP contribution in [0.15, 0.2) is 24.3 Å². The zero-order valence-corrected chi connectivity index (χ0v) is 14.8. The van der Waals surface area contributed by atoms with Gasteiger partial charge in [0.2, 0.25) is 5.92 Å². The molecule has 0 aromatic heterocycles. The zero-order valence-electron chi connectivity index (χ0n) is 14.0. The highest BCUT2D eigenvalue weighted by atomic mass is 32.1. The van der Waals surface area contributed by atoms with Crippen LogP contribution in [0.4, 0.5) is 5.69 Å². The summed E-state index contributed by atoms with van der Waals surface area (Å²) in [5.41, 5.74) is 1.86. The molecule has 0 bridgehead atoms. The number of para-hydroxylation sites is 1. The molecule has 0 amide bonds. The largest absolute Gasteiger partial charge is 0.465 e. The summed E-state index contributed by atoms with van der Waals surface area (Å²) in [6.45, 7) is 8.10. The van der Waals surface area contributed by atoms with E-state index in [-0.39, 0.29) is 18.2 Å². The Morgan fingerprint density at radius 1 is 1.09 bits per heavy atom. The Bertz CT molecular complexity index is 555. The van der Waals surface area contributed by atoms with Gasteiger partial charge in [-0.2, -0.15) is 0 Å². The number of ether oxygens (including phenoxy) is 2. The molecule has 6 heteroatoms. The normalized spacial score (nSPS) is 10.3. The van der Waals surface area contributed by atoms with Gasteiger partial charge in [0.15, 0.2) is 0 Å². The van der Waals surface area contributed by atoms with Gasteiger partial charge in [0.05, 0.1) is 13.2 Å². The fourth-order valence-corrected chi connectivity index (χ4v) is 2.64. The average Bonchev–Trinajstić information content (AvgIpc) is 2.50. The minimum atomic E-state index is -1.23. The van der Waals surface area contributed by atoms with Gasteiger partial charge in [-0.3, -0.25) is 9.59 Å². The molecule has 1 aromatic rings. The van der Waals surface area contributed by atoms with E-state index in [9.17, 15) is 9.59 Å². The van der Waals surface area contributed by atoms with Gasteiger partial charge in [-0.25, -0.2) is 0 Å². The van der Waals surface area contributed by atoms with Gasteiger partial charge in [0.25, 0.3) is 0 Å². The van der Waals surface area contributed by atoms with Gasteiger partial charge in [-0.15, -0.1) is 0 Å². The van der Waals surface area contributed by atoms with E-state index in [0.29, 0.717) is 6.54 Å². The number of aryl methyl sites for hydroxylation is 1. The molecule has 0 saturated carbocycles. The summed E-state index contributed by atoms with van der Waals surface area (Å²) >= 11 is 5.44. The number of nitrogens with zero attached hydrogens (tertiary/aromatic N) is 1. The first-order valence-corrected chi connectivity index (χ1v) is 8.08. The summed E-state index contributed by atoms with van der Waals surface area (Å²) in [6, 6.07) is 7.66. The number of esters is 2. The molecule has 0 fully saturated rings. The van der Waals surface area contributed by atoms with Crippen molar-refractivity contribution in [1.82, 2.24) is 0 Å². The molecule has 0 N–H and O–H groups in total. The third kappa shape index (κ3) is 4.76. The van der Waals surface area contributed by atoms with Crippen LogP contribution in [0.5, 0.6) is 0 Å². The van der Waals surface area contributed by atoms with E-state index in [1.165, 1.54) is 0 Å². The highest BCUT2D eigenvalue weighted by molar-refractivity contribution is 7.80. The van der Waals surface area contributed by atoms with Crippen molar-refractivity contribution in [2.75, 3.05) is 24.7 Å². The second-order valence-electron chi connectivity index (χ2n) is 4.81. The lowest BCUT2D eigenvalue weighted by atomic mass is 10.1. The maximum atomic E-state index is 12.2. The van der Waals surface area contributed by atoms with Gasteiger partial charge in [0, 0.05) is 12.2 Å². The highest BCUT2D eigenvalue weighted by Crippen LogP contribution is 2.23. The van der Waals surface area contributed by atoms with Crippen LogP contribution in [-0.2, 0) is 19.1 Å². The molecule has 0 saturated heterocycles. The van der Waals surface area contributed by atoms with Crippen LogP contribution in [-0.4, -0.2) is 36.7 Å². The van der Waals surface area contributed by atoms with Crippen molar-refractivity contribution in [3.8, 4) is 0 Å². The van der Waals surface area contributed by atoms with E-state index >= 15 is 0 Å². The van der Waals surface area contributed by atoms with Crippen molar-refractivity contribution >= 4 is 34.8 Å². The summed E-state index contributed by atoms with van der Waals surface area (Å²) in [5, 5.41) is 0. The molecule has 5 nitrogen and oxygen atoms in total. The van der Waals surface area contributed by atoms with Crippen molar-refractivity contribution in [3.05, 3.63) is 29.8 Å². The smallest absolute Gasteiger partial charge is 0.327 e. The summed E-state index contributed by atoms with van der Waals surface area (Å²) < 4.78 is 10.00. The minimum Gasteiger partial charge on any atom is -0.465 e. The van der Waals surface area contributed by atoms with E-state index in [2.05, 4.69) is 0 Å². The predicted molar refractivity (Wildman–Crippen MR) is 93.6 cm³/mol. The summed E-state index contributed by atoms with van der Waals surface area (Å²) in [6.07, 6.45) is 0. The molecule has 0 atom stereocenters. The lowest BCUT2D eigenvalue weighted by Gasteiger charge is -2.28. The molecule has 0 unspecified atom stereocenters. The van der Waals surface area contributed by atoms with Crippen LogP contribution in [0.3, 0.4) is 0 Å². The first kappa shape index (κ1) is 19.1. The Morgan fingerprint density at radius 2 is 1.61 bits per heavy atom. The molecular formula is C17H23NO4S. The number of carbonyl (C=O) groups excluding carboxylic acids is 2. The Hall–Kier alpha value is -1.95. The molecule has 23 heavy (non-hydrogen) atoms. The average molecular weight is 337 g/mol. The molecule has 126 valence electrons. The predicted octanol–water partition coefficient (Wildman–Crippen LogP) is 2.89. The Morgan fingerprint density at radius 3 is 2.04 bits per heavy atom. The minimum absolute atomic E-state index is 0.174. The van der Waals surface area contributed by atoms with E-state index in [1.54, 1.807) is 18.7 Å². The molecule has 0 aliphatic carbocycles. The van der Waals surface area contributed by atoms with E-state index in [4.69, 9.17) is 21.7 Å². The Labute approximate surface area is 142 Å². The second-order valence-corrected chi connectivity index (χ2v) is 5.22. The number of anilines is 1. The molecule has 1 aromatic carbocycles. The molecule has 1 rings (SSSR count). The first-order valence-electron chi connectivity index (χ1n) is 7.68. The zero-order chi connectivity index (χ0) is 17.4. The summed E-state index contributed by atoms with van der Waals surface area (Å²) in [5.74, 6) is -2.59. The standard InChI is InChI=1S/C17H23NO4S/c1-5-18(13-11-9-8-10-12(13)4)15(23)14(16(19)21-6-2)17(20)22-7-3/h8-11,14H,5-7H2,1-4H3. The molecule has 0 aliphatic rings. The molecule has 0 aliphatic heterocycles. The number of thiocarbonyl (C=S) groups is 1. The maximum absolute atomic E-state index is 12.2. The highest BCUT2D eigenvalue weighted by Gasteiger charge is 2.36. The van der Waals surface area contributed by atoms with Crippen molar-refractivity contribution in [2.45, 2.75) is 27.7 Å². The number of rotatable bonds is 7. The van der Waals surface area contributed by atoms with Crippen LogP contribution in [0.1, 0.15) is 26.3 Å². The topological polar surface area (TPSA) is 55.8 Å². The van der Waals surface area contributed by atoms with Gasteiger partial charge < -0.3 is 14.4 Å². The summed E-state index contributed by atoms with van der Waals surface area (Å²) in [4.78, 5) is 26.4. The number of benzene rings is 1. The van der Waals surface area contributed by atoms with Gasteiger partial charge in [-0.1, -0.05) is 30.4 Å². The van der Waals surface area contributed by atoms with Crippen LogP contribution in [0, 0.1) is 12.8 Å². The summed E-state index contributed by atoms with van der Waals surface area (Å²) in [7, 11) is 0. The van der Waals surface area contributed by atoms with Crippen LogP contribution in [0.25, 0.3) is 0 Å². The monoisotopic (exact) mass is 337 g/mol. The Kier molecular flexibility index (Phi) is 7.68. The van der Waals surface area contributed by atoms with Crippen LogP contribution < -0.4 is 4.90 Å². The maximum Gasteiger partial charge on any atom is 0.327 e. The Balaban J connectivity index is 3.17. The van der Waals surface area contributed by atoms with Crippen molar-refractivity contribution in [3.63, 3.8) is 0 Å². The number of carbonyl (C=O) groups is 2. The van der Waals surface area contributed by atoms with Gasteiger partial charge in [0.1, 0.15) is 4.99 Å². The molecule has 0 heterocycles. The number of hydrogen-bond donors (Lipinski definition) is 0. The van der Waals surface area contributed by atoms with Crippen LogP contribution >= 0.6 is 12.2 Å². The fourth-order valence-electron chi connectivity index (χ4n) is 2.22. The first-order chi connectivity index (χ1) is 11.0. The third-order valence-corrected chi connectivity index (χ3v) is 3.74. The molecular weight excluding hydrogens is 314 g/mol. The lowest BCUT2D eigenvalue weighted by Crippen LogP contribution is -2.44. The quantitative estimate of drug-likeness (QED) is 0.433. The lowest BCUT2D eigenvalue weighted by molar-refractivity contribution is -0.157. The van der Waals surface area contributed by atoms with Crippen molar-refractivity contribution in [2.24, 2.45) is 5.92 Å². The third-order valence-electron chi connectivity index (χ3n) is 3.28. The van der Waals surface area contributed by atoms with Crippen molar-refractivity contribution in [1.29, 1.82) is 0 Å². The van der Waals surface area contributed by atoms with Gasteiger partial charge in [-0.05, 0) is 39.3 Å².